The highest BCUT2D eigenvalue weighted by Gasteiger charge is 1.80. The summed E-state index contributed by atoms with van der Waals surface area (Å²) in [4.78, 5) is 0. The molecule has 0 aliphatic carbocycles. The van der Waals surface area contributed by atoms with Crippen LogP contribution in [0.25, 0.3) is 0 Å². The van der Waals surface area contributed by atoms with Gasteiger partial charge in [-0.15, -0.1) is 23.2 Å². The van der Waals surface area contributed by atoms with E-state index in [4.69, 9.17) is 23.2 Å². The van der Waals surface area contributed by atoms with Crippen molar-refractivity contribution in [3.63, 3.8) is 0 Å². The molecule has 0 nitrogen and oxygen atoms in total. The van der Waals surface area contributed by atoms with Crippen LogP contribution in [0.2, 0.25) is 0 Å². The maximum atomic E-state index is 4.76. The van der Waals surface area contributed by atoms with Crippen molar-refractivity contribution in [2.75, 3.05) is 5.34 Å². The van der Waals surface area contributed by atoms with Gasteiger partial charge in [-0.25, -0.2) is 0 Å². The molecule has 0 radical (unpaired) electrons. The lowest BCUT2D eigenvalue weighted by atomic mass is 10.2. The minimum Gasteiger partial charge on any atom is -0.109 e. The van der Waals surface area contributed by atoms with E-state index in [1.54, 1.807) is 0 Å². The smallest absolute Gasteiger partial charge is 0.0967 e. The second kappa shape index (κ2) is 16.3. The topological polar surface area (TPSA) is 0 Å². The maximum Gasteiger partial charge on any atom is 0.0967 e. The first-order valence-electron chi connectivity index (χ1n) is 3.95. The van der Waals surface area contributed by atoms with Crippen LogP contribution in [0.15, 0.2) is 0 Å². The Morgan fingerprint density at radius 1 is 0.800 bits per heavy atom. The molecule has 0 atom stereocenters. The van der Waals surface area contributed by atoms with Crippen molar-refractivity contribution >= 4 is 23.2 Å². The predicted molar refractivity (Wildman–Crippen MR) is 51.0 cm³/mol. The van der Waals surface area contributed by atoms with E-state index >= 15 is 0 Å². The van der Waals surface area contributed by atoms with Crippen LogP contribution >= 0.6 is 23.2 Å². The van der Waals surface area contributed by atoms with E-state index in [9.17, 15) is 0 Å². The Balaban J connectivity index is 0. The van der Waals surface area contributed by atoms with Crippen molar-refractivity contribution in [3.05, 3.63) is 0 Å². The van der Waals surface area contributed by atoms with Gasteiger partial charge in [-0.2, -0.15) is 0 Å². The molecular formula is C8H18Cl2. The highest BCUT2D eigenvalue weighted by Crippen LogP contribution is 2.00. The molecule has 2 heteroatoms. The number of hydrogen-bond donors (Lipinski definition) is 0. The van der Waals surface area contributed by atoms with E-state index < -0.39 is 0 Å². The zero-order valence-corrected chi connectivity index (χ0v) is 8.51. The van der Waals surface area contributed by atoms with Crippen molar-refractivity contribution in [3.8, 4) is 0 Å². The highest BCUT2D eigenvalue weighted by molar-refractivity contribution is 6.40. The molecule has 0 amide bonds. The number of rotatable bonds is 4. The van der Waals surface area contributed by atoms with Gasteiger partial charge in [0.15, 0.2) is 0 Å². The Morgan fingerprint density at radius 2 is 1.10 bits per heavy atom. The second-order valence-corrected chi connectivity index (χ2v) is 2.97. The highest BCUT2D eigenvalue weighted by atomic mass is 35.5. The van der Waals surface area contributed by atoms with E-state index in [0.717, 1.165) is 0 Å². The maximum absolute atomic E-state index is 4.76. The average molecular weight is 185 g/mol. The largest absolute Gasteiger partial charge is 0.109 e. The van der Waals surface area contributed by atoms with E-state index in [1.807, 2.05) is 0 Å². The summed E-state index contributed by atoms with van der Waals surface area (Å²) < 4.78 is 0. The lowest BCUT2D eigenvalue weighted by Crippen LogP contribution is -1.70. The molecule has 0 aromatic rings. The summed E-state index contributed by atoms with van der Waals surface area (Å²) in [6.07, 6.45) is 7.01. The van der Waals surface area contributed by atoms with E-state index in [0.29, 0.717) is 0 Å². The molecule has 0 rings (SSSR count). The summed E-state index contributed by atoms with van der Waals surface area (Å²) in [7, 11) is 0. The van der Waals surface area contributed by atoms with Crippen molar-refractivity contribution in [1.82, 2.24) is 0 Å². The second-order valence-electron chi connectivity index (χ2n) is 2.16. The first-order chi connectivity index (χ1) is 4.83. The Labute approximate surface area is 74.9 Å². The van der Waals surface area contributed by atoms with Gasteiger partial charge in [0.25, 0.3) is 0 Å². The van der Waals surface area contributed by atoms with Crippen LogP contribution in [-0.4, -0.2) is 5.34 Å². The van der Waals surface area contributed by atoms with Gasteiger partial charge in [0.1, 0.15) is 0 Å². The Bertz CT molecular complexity index is 34.2. The van der Waals surface area contributed by atoms with Crippen molar-refractivity contribution in [1.29, 1.82) is 0 Å². The van der Waals surface area contributed by atoms with Gasteiger partial charge >= 0.3 is 0 Å². The summed E-state index contributed by atoms with van der Waals surface area (Å²) in [5.41, 5.74) is 0. The first kappa shape index (κ1) is 13.2. The van der Waals surface area contributed by atoms with Crippen LogP contribution in [-0.2, 0) is 0 Å². The Morgan fingerprint density at radius 3 is 1.30 bits per heavy atom. The molecule has 0 bridgehead atoms. The number of unbranched alkanes of at least 4 members (excludes halogenated alkanes) is 4. The van der Waals surface area contributed by atoms with Crippen LogP contribution < -0.4 is 0 Å². The average Bonchev–Trinajstić information content (AvgIpc) is 1.91. The molecule has 0 N–H and O–H groups in total. The van der Waals surface area contributed by atoms with Gasteiger partial charge in [0.2, 0.25) is 0 Å². The van der Waals surface area contributed by atoms with Gasteiger partial charge in [0.05, 0.1) is 5.34 Å². The van der Waals surface area contributed by atoms with Gasteiger partial charge in [-0.1, -0.05) is 46.0 Å². The molecule has 0 aliphatic rings. The van der Waals surface area contributed by atoms with Gasteiger partial charge in [-0.3, -0.25) is 0 Å². The third-order valence-corrected chi connectivity index (χ3v) is 1.21. The standard InChI is InChI=1S/C7H16.CH2Cl2/c1-3-5-7-6-4-2;2-1-3/h3-7H2,1-2H3;1H2. The van der Waals surface area contributed by atoms with E-state index in [2.05, 4.69) is 13.8 Å². The van der Waals surface area contributed by atoms with Crippen LogP contribution in [0.4, 0.5) is 0 Å². The van der Waals surface area contributed by atoms with Crippen LogP contribution in [0.5, 0.6) is 0 Å². The number of halogens is 2. The number of alkyl halides is 2. The lowest BCUT2D eigenvalue weighted by molar-refractivity contribution is 0.656. The fraction of sp³-hybridized carbons (Fsp3) is 1.00. The van der Waals surface area contributed by atoms with Crippen LogP contribution in [0, 0.1) is 0 Å². The fourth-order valence-electron chi connectivity index (χ4n) is 0.677. The molecular weight excluding hydrogens is 167 g/mol. The molecule has 0 unspecified atom stereocenters. The molecule has 10 heavy (non-hydrogen) atoms. The molecule has 0 saturated carbocycles. The zero-order chi connectivity index (χ0) is 8.24. The fourth-order valence-corrected chi connectivity index (χ4v) is 0.677. The third-order valence-electron chi connectivity index (χ3n) is 1.21. The molecule has 0 heterocycles. The zero-order valence-electron chi connectivity index (χ0n) is 7.00. The summed E-state index contributed by atoms with van der Waals surface area (Å²) in [6, 6.07) is 0. The Kier molecular flexibility index (Phi) is 21.5. The van der Waals surface area contributed by atoms with E-state index in [-0.39, 0.29) is 5.34 Å². The van der Waals surface area contributed by atoms with Crippen molar-refractivity contribution < 1.29 is 0 Å². The molecule has 0 fully saturated rings. The minimum absolute atomic E-state index is 0.194. The summed E-state index contributed by atoms with van der Waals surface area (Å²) in [5, 5.41) is 0.194. The molecule has 0 aromatic heterocycles. The minimum atomic E-state index is 0.194. The van der Waals surface area contributed by atoms with Crippen molar-refractivity contribution in [2.24, 2.45) is 0 Å². The third kappa shape index (κ3) is 23.5. The summed E-state index contributed by atoms with van der Waals surface area (Å²) in [5.74, 6) is 0. The molecule has 0 aromatic carbocycles. The van der Waals surface area contributed by atoms with Crippen LogP contribution in [0.1, 0.15) is 46.0 Å². The molecule has 0 saturated heterocycles. The first-order valence-corrected chi connectivity index (χ1v) is 5.02. The van der Waals surface area contributed by atoms with Crippen LogP contribution in [0.3, 0.4) is 0 Å². The Hall–Kier alpha value is 0.580. The van der Waals surface area contributed by atoms with Crippen molar-refractivity contribution in [2.45, 2.75) is 46.0 Å². The monoisotopic (exact) mass is 184 g/mol. The van der Waals surface area contributed by atoms with Gasteiger partial charge < -0.3 is 0 Å². The quantitative estimate of drug-likeness (QED) is 0.449. The van der Waals surface area contributed by atoms with Gasteiger partial charge in [0, 0.05) is 0 Å². The normalized spacial score (nSPS) is 8.40. The van der Waals surface area contributed by atoms with E-state index in [1.165, 1.54) is 32.1 Å². The summed E-state index contributed by atoms with van der Waals surface area (Å²) in [6.45, 7) is 4.49. The van der Waals surface area contributed by atoms with Gasteiger partial charge in [-0.05, 0) is 0 Å². The predicted octanol–water partition coefficient (Wildman–Crippen LogP) is 4.40. The molecule has 0 aliphatic heterocycles. The molecule has 0 spiro atoms. The molecule has 64 valence electrons. The number of hydrogen-bond acceptors (Lipinski definition) is 0. The summed E-state index contributed by atoms with van der Waals surface area (Å²) >= 11 is 9.53. The SMILES string of the molecule is CCCCCCC.ClCCl. The lowest BCUT2D eigenvalue weighted by Gasteiger charge is -1.90.